The number of nitrogens with zero attached hydrogens (tertiary/aromatic N) is 1. The van der Waals surface area contributed by atoms with Gasteiger partial charge in [0, 0.05) is 29.6 Å². The summed E-state index contributed by atoms with van der Waals surface area (Å²) in [5.74, 6) is -1.43. The fourth-order valence-electron chi connectivity index (χ4n) is 2.36. The van der Waals surface area contributed by atoms with Crippen molar-refractivity contribution in [3.63, 3.8) is 0 Å². The molecule has 1 unspecified atom stereocenters. The normalized spacial score (nSPS) is 19.8. The Bertz CT molecular complexity index is 706. The molecule has 1 aromatic carbocycles. The second-order valence-corrected chi connectivity index (χ2v) is 7.20. The van der Waals surface area contributed by atoms with Crippen LogP contribution in [0.3, 0.4) is 0 Å². The predicted octanol–water partition coefficient (Wildman–Crippen LogP) is 2.00. The van der Waals surface area contributed by atoms with Crippen LogP contribution in [-0.4, -0.2) is 26.6 Å². The third-order valence-corrected chi connectivity index (χ3v) is 4.35. The molecule has 22 heavy (non-hydrogen) atoms. The fourth-order valence-corrected chi connectivity index (χ4v) is 3.47. The number of halogens is 4. The lowest BCUT2D eigenvalue weighted by Gasteiger charge is -2.19. The lowest BCUT2D eigenvalue weighted by Crippen LogP contribution is -2.27. The number of carbonyl (C=O) groups excluding carboxylic acids is 1. The zero-order chi connectivity index (χ0) is 16.7. The highest BCUT2D eigenvalue weighted by Gasteiger charge is 2.35. The summed E-state index contributed by atoms with van der Waals surface area (Å²) in [7, 11) is -3.76. The molecule has 0 spiro atoms. The number of alkyl halides is 3. The van der Waals surface area contributed by atoms with E-state index < -0.39 is 39.3 Å². The molecule has 1 aromatic rings. The molecule has 10 heteroatoms. The Morgan fingerprint density at radius 3 is 2.50 bits per heavy atom. The smallest absolute Gasteiger partial charge is 0.312 e. The van der Waals surface area contributed by atoms with E-state index in [-0.39, 0.29) is 23.7 Å². The first kappa shape index (κ1) is 17.0. The number of anilines is 1. The molecule has 1 fully saturated rings. The van der Waals surface area contributed by atoms with Crippen molar-refractivity contribution < 1.29 is 26.4 Å². The summed E-state index contributed by atoms with van der Waals surface area (Å²) in [6, 6.07) is 2.80. The van der Waals surface area contributed by atoms with Crippen LogP contribution in [0, 0.1) is 5.92 Å². The number of hydrogen-bond acceptors (Lipinski definition) is 3. The molecule has 1 saturated heterocycles. The average molecular weight is 357 g/mol. The summed E-state index contributed by atoms with van der Waals surface area (Å²) in [5, 5.41) is 4.76. The number of primary sulfonamides is 1. The van der Waals surface area contributed by atoms with E-state index in [9.17, 15) is 26.4 Å². The molecule has 2 N–H and O–H groups in total. The van der Waals surface area contributed by atoms with E-state index in [1.165, 1.54) is 6.07 Å². The standard InChI is InChI=1S/C12H12ClF3N2O3S/c13-9-2-8(12(14,15)16)3-10(4-9)18-5-7(1-11(18)19)6-22(17,20)21/h2-4,7H,1,5-6H2,(H2,17,20,21). The summed E-state index contributed by atoms with van der Waals surface area (Å²) in [6.07, 6.45) is -4.69. The number of rotatable bonds is 3. The minimum atomic E-state index is -4.59. The summed E-state index contributed by atoms with van der Waals surface area (Å²) < 4.78 is 60.4. The van der Waals surface area contributed by atoms with Crippen molar-refractivity contribution in [2.45, 2.75) is 12.6 Å². The van der Waals surface area contributed by atoms with Gasteiger partial charge in [-0.05, 0) is 18.2 Å². The van der Waals surface area contributed by atoms with Gasteiger partial charge in [-0.25, -0.2) is 13.6 Å². The summed E-state index contributed by atoms with van der Waals surface area (Å²) in [5.41, 5.74) is -0.987. The van der Waals surface area contributed by atoms with E-state index in [1.54, 1.807) is 0 Å². The molecule has 5 nitrogen and oxygen atoms in total. The monoisotopic (exact) mass is 356 g/mol. The van der Waals surface area contributed by atoms with E-state index >= 15 is 0 Å². The van der Waals surface area contributed by atoms with Crippen LogP contribution in [-0.2, 0) is 21.0 Å². The van der Waals surface area contributed by atoms with Crippen molar-refractivity contribution in [2.75, 3.05) is 17.2 Å². The molecule has 1 aliphatic rings. The van der Waals surface area contributed by atoms with Crippen molar-refractivity contribution in [2.24, 2.45) is 11.1 Å². The predicted molar refractivity (Wildman–Crippen MR) is 74.9 cm³/mol. The molecular weight excluding hydrogens is 345 g/mol. The Balaban J connectivity index is 2.29. The molecule has 0 aliphatic carbocycles. The number of benzene rings is 1. The third kappa shape index (κ3) is 4.11. The maximum atomic E-state index is 12.8. The van der Waals surface area contributed by atoms with Crippen LogP contribution < -0.4 is 10.0 Å². The zero-order valence-electron chi connectivity index (χ0n) is 11.1. The van der Waals surface area contributed by atoms with Crippen molar-refractivity contribution in [3.05, 3.63) is 28.8 Å². The molecule has 1 atom stereocenters. The molecule has 122 valence electrons. The zero-order valence-corrected chi connectivity index (χ0v) is 12.7. The van der Waals surface area contributed by atoms with Crippen LogP contribution in [0.1, 0.15) is 12.0 Å². The minimum absolute atomic E-state index is 0.0123. The third-order valence-electron chi connectivity index (χ3n) is 3.19. The maximum absolute atomic E-state index is 12.8. The molecular formula is C12H12ClF3N2O3S. The fraction of sp³-hybridized carbons (Fsp3) is 0.417. The quantitative estimate of drug-likeness (QED) is 0.899. The Morgan fingerprint density at radius 2 is 1.95 bits per heavy atom. The number of hydrogen-bond donors (Lipinski definition) is 1. The van der Waals surface area contributed by atoms with Crippen LogP contribution in [0.15, 0.2) is 18.2 Å². The van der Waals surface area contributed by atoms with E-state index in [0.717, 1.165) is 17.0 Å². The van der Waals surface area contributed by atoms with Gasteiger partial charge in [-0.2, -0.15) is 13.2 Å². The number of sulfonamides is 1. The first-order chi connectivity index (χ1) is 9.95. The molecule has 2 rings (SSSR count). The number of nitrogens with two attached hydrogens (primary N) is 1. The second-order valence-electron chi connectivity index (χ2n) is 5.10. The van der Waals surface area contributed by atoms with Gasteiger partial charge in [0.05, 0.1) is 11.3 Å². The second kappa shape index (κ2) is 5.71. The molecule has 0 aromatic heterocycles. The topological polar surface area (TPSA) is 80.5 Å². The van der Waals surface area contributed by atoms with Crippen LogP contribution in [0.25, 0.3) is 0 Å². The summed E-state index contributed by atoms with van der Waals surface area (Å²) in [6.45, 7) is -0.0209. The summed E-state index contributed by atoms with van der Waals surface area (Å²) in [4.78, 5) is 13.0. The molecule has 1 amide bonds. The van der Waals surface area contributed by atoms with Crippen LogP contribution >= 0.6 is 11.6 Å². The highest BCUT2D eigenvalue weighted by molar-refractivity contribution is 7.89. The van der Waals surface area contributed by atoms with Crippen molar-refractivity contribution in [3.8, 4) is 0 Å². The Labute approximate surface area is 129 Å². The molecule has 1 aliphatic heterocycles. The minimum Gasteiger partial charge on any atom is -0.312 e. The van der Waals surface area contributed by atoms with Gasteiger partial charge in [-0.15, -0.1) is 0 Å². The first-order valence-electron chi connectivity index (χ1n) is 6.14. The van der Waals surface area contributed by atoms with Crippen molar-refractivity contribution in [1.29, 1.82) is 0 Å². The van der Waals surface area contributed by atoms with Gasteiger partial charge in [0.1, 0.15) is 0 Å². The van der Waals surface area contributed by atoms with Gasteiger partial charge in [-0.1, -0.05) is 11.6 Å². The van der Waals surface area contributed by atoms with Gasteiger partial charge in [0.25, 0.3) is 0 Å². The van der Waals surface area contributed by atoms with Gasteiger partial charge in [-0.3, -0.25) is 4.79 Å². The van der Waals surface area contributed by atoms with E-state index in [1.807, 2.05) is 0 Å². The van der Waals surface area contributed by atoms with E-state index in [0.29, 0.717) is 0 Å². The van der Waals surface area contributed by atoms with Gasteiger partial charge < -0.3 is 4.90 Å². The lowest BCUT2D eigenvalue weighted by atomic mass is 10.1. The highest BCUT2D eigenvalue weighted by Crippen LogP contribution is 2.36. The highest BCUT2D eigenvalue weighted by atomic mass is 35.5. The number of carbonyl (C=O) groups is 1. The Kier molecular flexibility index (Phi) is 4.42. The van der Waals surface area contributed by atoms with Crippen LogP contribution in [0.4, 0.5) is 18.9 Å². The van der Waals surface area contributed by atoms with Gasteiger partial charge in [0.2, 0.25) is 15.9 Å². The van der Waals surface area contributed by atoms with Gasteiger partial charge in [0.15, 0.2) is 0 Å². The largest absolute Gasteiger partial charge is 0.416 e. The van der Waals surface area contributed by atoms with Crippen molar-refractivity contribution in [1.82, 2.24) is 0 Å². The van der Waals surface area contributed by atoms with Crippen LogP contribution in [0.5, 0.6) is 0 Å². The summed E-state index contributed by atoms with van der Waals surface area (Å²) >= 11 is 5.67. The average Bonchev–Trinajstić information content (AvgIpc) is 2.65. The molecule has 0 bridgehead atoms. The first-order valence-corrected chi connectivity index (χ1v) is 8.23. The Hall–Kier alpha value is -1.32. The van der Waals surface area contributed by atoms with E-state index in [4.69, 9.17) is 16.7 Å². The van der Waals surface area contributed by atoms with Gasteiger partial charge >= 0.3 is 6.18 Å². The number of amides is 1. The molecule has 0 radical (unpaired) electrons. The lowest BCUT2D eigenvalue weighted by molar-refractivity contribution is -0.137. The maximum Gasteiger partial charge on any atom is 0.416 e. The molecule has 1 heterocycles. The van der Waals surface area contributed by atoms with Crippen LogP contribution in [0.2, 0.25) is 5.02 Å². The van der Waals surface area contributed by atoms with E-state index in [2.05, 4.69) is 0 Å². The SMILES string of the molecule is NS(=O)(=O)CC1CC(=O)N(c2cc(Cl)cc(C(F)(F)F)c2)C1. The Morgan fingerprint density at radius 1 is 1.32 bits per heavy atom. The molecule has 0 saturated carbocycles. The van der Waals surface area contributed by atoms with Crippen molar-refractivity contribution >= 4 is 33.2 Å².